The number of hydrogen-bond donors (Lipinski definition) is 2. The zero-order valence-corrected chi connectivity index (χ0v) is 21.1. The molecule has 37 heavy (non-hydrogen) atoms. The van der Waals surface area contributed by atoms with E-state index < -0.39 is 6.36 Å². The first-order chi connectivity index (χ1) is 17.8. The van der Waals surface area contributed by atoms with Gasteiger partial charge in [-0.2, -0.15) is 4.98 Å². The smallest absolute Gasteiger partial charge is 0.494 e. The van der Waals surface area contributed by atoms with Gasteiger partial charge in [0.05, 0.1) is 12.8 Å². The second kappa shape index (κ2) is 11.7. The highest BCUT2D eigenvalue weighted by Crippen LogP contribution is 2.32. The minimum absolute atomic E-state index is 0.228. The van der Waals surface area contributed by atoms with Crippen molar-refractivity contribution >= 4 is 34.8 Å². The van der Waals surface area contributed by atoms with Crippen molar-refractivity contribution in [1.82, 2.24) is 24.7 Å². The molecule has 0 spiro atoms. The van der Waals surface area contributed by atoms with Crippen LogP contribution in [0.15, 0.2) is 55.0 Å². The lowest BCUT2D eigenvalue weighted by molar-refractivity contribution is -0.274. The molecule has 0 radical (unpaired) electrons. The van der Waals surface area contributed by atoms with Crippen LogP contribution in [0.2, 0.25) is 5.15 Å². The van der Waals surface area contributed by atoms with Gasteiger partial charge >= 0.3 is 6.36 Å². The molecule has 0 aliphatic rings. The Labute approximate surface area is 220 Å². The van der Waals surface area contributed by atoms with Crippen LogP contribution in [0.25, 0.3) is 5.69 Å². The third kappa shape index (κ3) is 7.07. The van der Waals surface area contributed by atoms with Gasteiger partial charge in [0.15, 0.2) is 0 Å². The third-order valence-corrected chi connectivity index (χ3v) is 5.95. The molecule has 0 fully saturated rings. The number of hydrogen-bond acceptors (Lipinski definition) is 6. The summed E-state index contributed by atoms with van der Waals surface area (Å²) in [4.78, 5) is 8.61. The molecule has 2 heterocycles. The summed E-state index contributed by atoms with van der Waals surface area (Å²) in [6.45, 7) is 0. The van der Waals surface area contributed by atoms with E-state index in [0.717, 1.165) is 24.1 Å². The maximum atomic E-state index is 12.5. The van der Waals surface area contributed by atoms with Crippen LogP contribution in [0.5, 0.6) is 11.5 Å². The average molecular weight is 555 g/mol. The van der Waals surface area contributed by atoms with Crippen molar-refractivity contribution in [2.45, 2.75) is 31.5 Å². The van der Waals surface area contributed by atoms with Crippen molar-refractivity contribution in [3.8, 4) is 17.2 Å². The number of ether oxygens (including phenoxy) is 2. The molecule has 0 saturated carbocycles. The molecular formula is C24H23Cl2F3N6O2. The van der Waals surface area contributed by atoms with E-state index in [1.54, 1.807) is 42.4 Å². The van der Waals surface area contributed by atoms with E-state index in [0.29, 0.717) is 40.7 Å². The largest absolute Gasteiger partial charge is 0.573 e. The normalized spacial score (nSPS) is 12.4. The fourth-order valence-corrected chi connectivity index (χ4v) is 4.16. The zero-order valence-electron chi connectivity index (χ0n) is 19.6. The van der Waals surface area contributed by atoms with Gasteiger partial charge < -0.3 is 19.4 Å². The van der Waals surface area contributed by atoms with Gasteiger partial charge in [-0.1, -0.05) is 30.2 Å². The summed E-state index contributed by atoms with van der Waals surface area (Å²) in [5, 5.41) is 10.7. The van der Waals surface area contributed by atoms with Gasteiger partial charge in [0.1, 0.15) is 28.8 Å². The molecule has 0 aliphatic heterocycles. The molecule has 196 valence electrons. The molecule has 2 aromatic carbocycles. The summed E-state index contributed by atoms with van der Waals surface area (Å²) in [5.74, 6) is 1.47. The third-order valence-electron chi connectivity index (χ3n) is 5.49. The number of H-pyrrole nitrogens is 1. The molecule has 8 nitrogen and oxygen atoms in total. The van der Waals surface area contributed by atoms with Gasteiger partial charge in [-0.25, -0.2) is 4.98 Å². The first-order valence-corrected chi connectivity index (χ1v) is 12.2. The van der Waals surface area contributed by atoms with Crippen LogP contribution in [0.4, 0.5) is 24.8 Å². The van der Waals surface area contributed by atoms with Gasteiger partial charge in [0, 0.05) is 29.7 Å². The molecule has 0 saturated heterocycles. The van der Waals surface area contributed by atoms with E-state index in [1.165, 1.54) is 12.1 Å². The first-order valence-electron chi connectivity index (χ1n) is 11.2. The number of nitrogens with zero attached hydrogens (tertiary/aromatic N) is 4. The second-order valence-electron chi connectivity index (χ2n) is 8.01. The molecule has 1 unspecified atom stereocenters. The molecular weight excluding hydrogens is 532 g/mol. The highest BCUT2D eigenvalue weighted by atomic mass is 35.5. The summed E-state index contributed by atoms with van der Waals surface area (Å²) in [6, 6.07) is 11.2. The standard InChI is InChI=1S/C24H23Cl2F3N6O2/c1-36-20-12-16(7-10-19(20)35-13-21(26)30-14-35)31-23-32-22(33-34-23)18(4-2-3-11-25)15-5-8-17(9-6-15)37-24(27,28)29/h5-10,12-14,18H,2-4,11H2,1H3,(H2,31,32,33,34). The Hall–Kier alpha value is -3.44. The summed E-state index contributed by atoms with van der Waals surface area (Å²) in [6.07, 6.45) is 0.771. The topological polar surface area (TPSA) is 89.9 Å². The molecule has 2 aromatic heterocycles. The van der Waals surface area contributed by atoms with Crippen molar-refractivity contribution in [2.24, 2.45) is 0 Å². The summed E-state index contributed by atoms with van der Waals surface area (Å²) in [7, 11) is 1.56. The molecule has 0 aliphatic carbocycles. The number of benzene rings is 2. The number of aromatic amines is 1. The van der Waals surface area contributed by atoms with Crippen LogP contribution in [0.3, 0.4) is 0 Å². The predicted octanol–water partition coefficient (Wildman–Crippen LogP) is 6.84. The van der Waals surface area contributed by atoms with Crippen LogP contribution in [-0.2, 0) is 0 Å². The van der Waals surface area contributed by atoms with Crippen LogP contribution in [-0.4, -0.2) is 44.1 Å². The predicted molar refractivity (Wildman–Crippen MR) is 134 cm³/mol. The monoisotopic (exact) mass is 554 g/mol. The number of rotatable bonds is 11. The molecule has 13 heteroatoms. The minimum atomic E-state index is -4.75. The lowest BCUT2D eigenvalue weighted by atomic mass is 9.93. The summed E-state index contributed by atoms with van der Waals surface area (Å²) in [5.41, 5.74) is 2.21. The number of anilines is 2. The van der Waals surface area contributed by atoms with Crippen LogP contribution < -0.4 is 14.8 Å². The maximum Gasteiger partial charge on any atom is 0.573 e. The van der Waals surface area contributed by atoms with E-state index in [-0.39, 0.29) is 11.7 Å². The Morgan fingerprint density at radius 3 is 2.57 bits per heavy atom. The first kappa shape index (κ1) is 26.6. The van der Waals surface area contributed by atoms with E-state index in [2.05, 4.69) is 30.2 Å². The fourth-order valence-electron chi connectivity index (χ4n) is 3.82. The summed E-state index contributed by atoms with van der Waals surface area (Å²) < 4.78 is 48.8. The number of nitrogens with one attached hydrogen (secondary N) is 2. The number of methoxy groups -OCH3 is 1. The van der Waals surface area contributed by atoms with Crippen molar-refractivity contribution in [3.05, 3.63) is 71.5 Å². The Balaban J connectivity index is 1.53. The number of halogens is 5. The number of alkyl halides is 4. The highest BCUT2D eigenvalue weighted by Gasteiger charge is 2.31. The Morgan fingerprint density at radius 1 is 1.14 bits per heavy atom. The number of imidazole rings is 1. The van der Waals surface area contributed by atoms with Gasteiger partial charge in [0.2, 0.25) is 5.95 Å². The molecule has 1 atom stereocenters. The van der Waals surface area contributed by atoms with Crippen molar-refractivity contribution in [3.63, 3.8) is 0 Å². The van der Waals surface area contributed by atoms with Gasteiger partial charge in [-0.3, -0.25) is 5.10 Å². The molecule has 4 rings (SSSR count). The SMILES string of the molecule is COc1cc(Nc2n[nH]c(C(CCCCCl)c3ccc(OC(F)(F)F)cc3)n2)ccc1-n1cnc(Cl)c1. The van der Waals surface area contributed by atoms with Crippen molar-refractivity contribution < 1.29 is 22.6 Å². The van der Waals surface area contributed by atoms with Crippen LogP contribution >= 0.6 is 23.2 Å². The Bertz CT molecular complexity index is 1310. The number of aromatic nitrogens is 5. The van der Waals surface area contributed by atoms with E-state index >= 15 is 0 Å². The van der Waals surface area contributed by atoms with Crippen LogP contribution in [0, 0.1) is 0 Å². The maximum absolute atomic E-state index is 12.5. The van der Waals surface area contributed by atoms with E-state index in [9.17, 15) is 13.2 Å². The number of unbranched alkanes of at least 4 members (excludes halogenated alkanes) is 1. The molecule has 0 bridgehead atoms. The van der Waals surface area contributed by atoms with Crippen molar-refractivity contribution in [2.75, 3.05) is 18.3 Å². The highest BCUT2D eigenvalue weighted by molar-refractivity contribution is 6.29. The van der Waals surface area contributed by atoms with E-state index in [1.807, 2.05) is 12.1 Å². The summed E-state index contributed by atoms with van der Waals surface area (Å²) >= 11 is 11.8. The van der Waals surface area contributed by atoms with Gasteiger partial charge in [-0.05, 0) is 42.7 Å². The van der Waals surface area contributed by atoms with Gasteiger partial charge in [-0.15, -0.1) is 29.9 Å². The second-order valence-corrected chi connectivity index (χ2v) is 8.78. The van der Waals surface area contributed by atoms with Gasteiger partial charge in [0.25, 0.3) is 0 Å². The molecule has 4 aromatic rings. The molecule has 0 amide bonds. The van der Waals surface area contributed by atoms with Crippen LogP contribution in [0.1, 0.15) is 36.6 Å². The lowest BCUT2D eigenvalue weighted by Gasteiger charge is -2.16. The Morgan fingerprint density at radius 2 is 1.92 bits per heavy atom. The zero-order chi connectivity index (χ0) is 26.4. The lowest BCUT2D eigenvalue weighted by Crippen LogP contribution is -2.17. The fraction of sp³-hybridized carbons (Fsp3) is 0.292. The van der Waals surface area contributed by atoms with E-state index in [4.69, 9.17) is 27.9 Å². The minimum Gasteiger partial charge on any atom is -0.494 e. The average Bonchev–Trinajstić information content (AvgIpc) is 3.50. The van der Waals surface area contributed by atoms with Crippen molar-refractivity contribution in [1.29, 1.82) is 0 Å². The quantitative estimate of drug-likeness (QED) is 0.156. The molecule has 2 N–H and O–H groups in total. The Kier molecular flexibility index (Phi) is 8.45.